The van der Waals surface area contributed by atoms with E-state index in [2.05, 4.69) is 5.32 Å². The number of nitrogens with one attached hydrogen (secondary N) is 1. The van der Waals surface area contributed by atoms with Crippen molar-refractivity contribution in [2.45, 2.75) is 32.9 Å². The van der Waals surface area contributed by atoms with E-state index in [1.165, 1.54) is 19.1 Å². The Hall–Kier alpha value is -2.64. The maximum Gasteiger partial charge on any atom is 0.261 e. The Morgan fingerprint density at radius 1 is 0.969 bits per heavy atom. The standard InChI is InChI=1S/C23H28Cl2N2O5/c1-5-21(23(29)26-6-2)27(13-15-7-8-19(24)20(25)9-15)22(28)14-32-18-11-16(30-3)10-17(12-18)31-4/h7-12,21H,5-6,13-14H2,1-4H3,(H,26,29)/t21-/m1/s1. The lowest BCUT2D eigenvalue weighted by molar-refractivity contribution is -0.142. The summed E-state index contributed by atoms with van der Waals surface area (Å²) >= 11 is 12.1. The van der Waals surface area contributed by atoms with Gasteiger partial charge in [-0.1, -0.05) is 36.2 Å². The summed E-state index contributed by atoms with van der Waals surface area (Å²) in [6.07, 6.45) is 0.436. The first-order chi connectivity index (χ1) is 15.3. The highest BCUT2D eigenvalue weighted by Gasteiger charge is 2.28. The summed E-state index contributed by atoms with van der Waals surface area (Å²) in [5, 5.41) is 3.58. The molecule has 2 aromatic rings. The van der Waals surface area contributed by atoms with Crippen LogP contribution < -0.4 is 19.5 Å². The molecule has 0 saturated heterocycles. The molecule has 0 aliphatic heterocycles. The number of carbonyl (C=O) groups excluding carboxylic acids is 2. The van der Waals surface area contributed by atoms with Crippen LogP contribution in [0.15, 0.2) is 36.4 Å². The third-order valence-electron chi connectivity index (χ3n) is 4.76. The number of benzene rings is 2. The van der Waals surface area contributed by atoms with Gasteiger partial charge in [0.15, 0.2) is 6.61 Å². The minimum Gasteiger partial charge on any atom is -0.496 e. The van der Waals surface area contributed by atoms with Crippen molar-refractivity contribution >= 4 is 35.0 Å². The third kappa shape index (κ3) is 6.93. The highest BCUT2D eigenvalue weighted by atomic mass is 35.5. The predicted octanol–water partition coefficient (Wildman–Crippen LogP) is 4.33. The van der Waals surface area contributed by atoms with Gasteiger partial charge in [0.2, 0.25) is 5.91 Å². The first-order valence-corrected chi connectivity index (χ1v) is 10.9. The molecule has 0 saturated carbocycles. The zero-order valence-electron chi connectivity index (χ0n) is 18.6. The van der Waals surface area contributed by atoms with Gasteiger partial charge in [-0.25, -0.2) is 0 Å². The van der Waals surface area contributed by atoms with Crippen molar-refractivity contribution in [1.29, 1.82) is 0 Å². The summed E-state index contributed by atoms with van der Waals surface area (Å²) in [4.78, 5) is 27.3. The van der Waals surface area contributed by atoms with Crippen molar-refractivity contribution in [2.24, 2.45) is 0 Å². The van der Waals surface area contributed by atoms with Crippen LogP contribution in [0.4, 0.5) is 0 Å². The highest BCUT2D eigenvalue weighted by Crippen LogP contribution is 2.28. The second kappa shape index (κ2) is 12.4. The number of hydrogen-bond donors (Lipinski definition) is 1. The summed E-state index contributed by atoms with van der Waals surface area (Å²) in [5.74, 6) is 0.902. The van der Waals surface area contributed by atoms with Gasteiger partial charge in [0, 0.05) is 31.3 Å². The van der Waals surface area contributed by atoms with Gasteiger partial charge in [0.1, 0.15) is 23.3 Å². The van der Waals surface area contributed by atoms with E-state index in [-0.39, 0.29) is 25.0 Å². The number of halogens is 2. The van der Waals surface area contributed by atoms with E-state index >= 15 is 0 Å². The predicted molar refractivity (Wildman–Crippen MR) is 125 cm³/mol. The molecule has 0 aliphatic rings. The van der Waals surface area contributed by atoms with E-state index in [9.17, 15) is 9.59 Å². The van der Waals surface area contributed by atoms with Crippen LogP contribution in [0.1, 0.15) is 25.8 Å². The number of ether oxygens (including phenoxy) is 3. The van der Waals surface area contributed by atoms with Gasteiger partial charge in [0.25, 0.3) is 5.91 Å². The fourth-order valence-corrected chi connectivity index (χ4v) is 3.46. The molecular formula is C23H28Cl2N2O5. The molecule has 32 heavy (non-hydrogen) atoms. The molecule has 1 atom stereocenters. The van der Waals surface area contributed by atoms with Crippen LogP contribution >= 0.6 is 23.2 Å². The molecule has 0 unspecified atom stereocenters. The monoisotopic (exact) mass is 482 g/mol. The van der Waals surface area contributed by atoms with Gasteiger partial charge in [-0.15, -0.1) is 0 Å². The van der Waals surface area contributed by atoms with Gasteiger partial charge in [-0.05, 0) is 31.0 Å². The number of hydrogen-bond acceptors (Lipinski definition) is 5. The fraction of sp³-hybridized carbons (Fsp3) is 0.391. The molecule has 2 aromatic carbocycles. The summed E-state index contributed by atoms with van der Waals surface area (Å²) in [7, 11) is 3.06. The molecule has 0 aromatic heterocycles. The Morgan fingerprint density at radius 2 is 1.59 bits per heavy atom. The molecule has 1 N–H and O–H groups in total. The largest absolute Gasteiger partial charge is 0.496 e. The molecular weight excluding hydrogens is 455 g/mol. The van der Waals surface area contributed by atoms with Crippen LogP contribution in [0.5, 0.6) is 17.2 Å². The molecule has 7 nitrogen and oxygen atoms in total. The van der Waals surface area contributed by atoms with Crippen molar-refractivity contribution in [3.8, 4) is 17.2 Å². The fourth-order valence-electron chi connectivity index (χ4n) is 3.14. The third-order valence-corrected chi connectivity index (χ3v) is 5.50. The van der Waals surface area contributed by atoms with Crippen LogP contribution in [-0.2, 0) is 16.1 Å². The lowest BCUT2D eigenvalue weighted by atomic mass is 10.1. The second-order valence-electron chi connectivity index (χ2n) is 6.93. The minimum absolute atomic E-state index is 0.177. The molecule has 0 aliphatic carbocycles. The van der Waals surface area contributed by atoms with Gasteiger partial charge in [-0.3, -0.25) is 9.59 Å². The first-order valence-electron chi connectivity index (χ1n) is 10.2. The molecule has 9 heteroatoms. The average molecular weight is 483 g/mol. The van der Waals surface area contributed by atoms with Crippen molar-refractivity contribution in [3.63, 3.8) is 0 Å². The number of rotatable bonds is 11. The molecule has 0 radical (unpaired) electrons. The van der Waals surface area contributed by atoms with Gasteiger partial charge in [-0.2, -0.15) is 0 Å². The van der Waals surface area contributed by atoms with Crippen LogP contribution in [0, 0.1) is 0 Å². The highest BCUT2D eigenvalue weighted by molar-refractivity contribution is 6.42. The number of amides is 2. The quantitative estimate of drug-likeness (QED) is 0.515. The van der Waals surface area contributed by atoms with Gasteiger partial charge in [0.05, 0.1) is 24.3 Å². The van der Waals surface area contributed by atoms with Crippen LogP contribution in [0.2, 0.25) is 10.0 Å². The van der Waals surface area contributed by atoms with E-state index in [0.717, 1.165) is 5.56 Å². The average Bonchev–Trinajstić information content (AvgIpc) is 2.79. The molecule has 0 spiro atoms. The molecule has 0 fully saturated rings. The number of carbonyl (C=O) groups is 2. The van der Waals surface area contributed by atoms with Crippen molar-refractivity contribution in [1.82, 2.24) is 10.2 Å². The Morgan fingerprint density at radius 3 is 2.12 bits per heavy atom. The van der Waals surface area contributed by atoms with E-state index in [1.54, 1.807) is 36.4 Å². The Balaban J connectivity index is 2.26. The maximum absolute atomic E-state index is 13.2. The smallest absolute Gasteiger partial charge is 0.261 e. The Kier molecular flexibility index (Phi) is 9.94. The van der Waals surface area contributed by atoms with E-state index in [4.69, 9.17) is 37.4 Å². The van der Waals surface area contributed by atoms with Crippen LogP contribution in [0.3, 0.4) is 0 Å². The first kappa shape index (κ1) is 25.6. The zero-order valence-corrected chi connectivity index (χ0v) is 20.1. The second-order valence-corrected chi connectivity index (χ2v) is 7.74. The molecule has 2 amide bonds. The normalized spacial score (nSPS) is 11.4. The van der Waals surface area contributed by atoms with Crippen molar-refractivity contribution < 1.29 is 23.8 Å². The summed E-state index contributed by atoms with van der Waals surface area (Å²) in [6.45, 7) is 4.05. The molecule has 2 rings (SSSR count). The molecule has 0 bridgehead atoms. The Labute approximate surface area is 198 Å². The minimum atomic E-state index is -0.666. The van der Waals surface area contributed by atoms with Crippen molar-refractivity contribution in [2.75, 3.05) is 27.4 Å². The van der Waals surface area contributed by atoms with Crippen molar-refractivity contribution in [3.05, 3.63) is 52.0 Å². The van der Waals surface area contributed by atoms with Gasteiger partial charge < -0.3 is 24.4 Å². The summed E-state index contributed by atoms with van der Waals surface area (Å²) in [5.41, 5.74) is 0.749. The van der Waals surface area contributed by atoms with Crippen LogP contribution in [-0.4, -0.2) is 50.1 Å². The summed E-state index contributed by atoms with van der Waals surface area (Å²) < 4.78 is 16.2. The van der Waals surface area contributed by atoms with E-state index in [1.807, 2.05) is 13.8 Å². The van der Waals surface area contributed by atoms with E-state index < -0.39 is 6.04 Å². The molecule has 0 heterocycles. The molecule has 174 valence electrons. The maximum atomic E-state index is 13.2. The summed E-state index contributed by atoms with van der Waals surface area (Å²) in [6, 6.07) is 9.46. The number of methoxy groups -OCH3 is 2. The van der Waals surface area contributed by atoms with E-state index in [0.29, 0.717) is 40.3 Å². The lowest BCUT2D eigenvalue weighted by Gasteiger charge is -2.30. The topological polar surface area (TPSA) is 77.1 Å². The number of likely N-dealkylation sites (N-methyl/N-ethyl adjacent to an activating group) is 1. The van der Waals surface area contributed by atoms with Gasteiger partial charge >= 0.3 is 0 Å². The number of nitrogens with zero attached hydrogens (tertiary/aromatic N) is 1. The Bertz CT molecular complexity index is 916. The SMILES string of the molecule is CCNC(=O)[C@@H](CC)N(Cc1ccc(Cl)c(Cl)c1)C(=O)COc1cc(OC)cc(OC)c1. The lowest BCUT2D eigenvalue weighted by Crippen LogP contribution is -2.50. The van der Waals surface area contributed by atoms with Crippen LogP contribution in [0.25, 0.3) is 0 Å². The zero-order chi connectivity index (χ0) is 23.7.